The molecule has 25 heavy (non-hydrogen) atoms. The Balaban J connectivity index is 2.69. The van der Waals surface area contributed by atoms with Crippen LogP contribution in [0.25, 0.3) is 0 Å². The van der Waals surface area contributed by atoms with Gasteiger partial charge in [0.15, 0.2) is 0 Å². The third kappa shape index (κ3) is 7.83. The van der Waals surface area contributed by atoms with Gasteiger partial charge in [-0.05, 0) is 50.4 Å². The second kappa shape index (κ2) is 11.0. The number of aliphatic carboxylic acids is 3. The largest absolute Gasteiger partial charge is 0.481 e. The summed E-state index contributed by atoms with van der Waals surface area (Å²) >= 11 is 0. The standard InChI is InChI=1S/C17H28O8/c18-10-14-12(5-2-8-16(21)22)11(4-1-7-15(19)20)13(25-14)6-3-9-17(23)24/h11-14,18H,1-10H2,(H,19,20)(H,21,22)(H,23,24)/t11-,12-,13?,14+/m1/s1. The van der Waals surface area contributed by atoms with Crippen LogP contribution < -0.4 is 0 Å². The molecule has 0 aliphatic carbocycles. The third-order valence-corrected chi connectivity index (χ3v) is 4.77. The zero-order chi connectivity index (χ0) is 18.8. The summed E-state index contributed by atoms with van der Waals surface area (Å²) < 4.78 is 5.89. The predicted molar refractivity (Wildman–Crippen MR) is 87.2 cm³/mol. The van der Waals surface area contributed by atoms with Crippen molar-refractivity contribution in [3.8, 4) is 0 Å². The van der Waals surface area contributed by atoms with E-state index in [4.69, 9.17) is 20.1 Å². The van der Waals surface area contributed by atoms with Crippen LogP contribution in [0.3, 0.4) is 0 Å². The van der Waals surface area contributed by atoms with Crippen molar-refractivity contribution in [3.63, 3.8) is 0 Å². The Bertz CT molecular complexity index is 450. The lowest BCUT2D eigenvalue weighted by Crippen LogP contribution is -2.25. The molecule has 144 valence electrons. The highest BCUT2D eigenvalue weighted by Crippen LogP contribution is 2.41. The van der Waals surface area contributed by atoms with Gasteiger partial charge in [0.25, 0.3) is 0 Å². The summed E-state index contributed by atoms with van der Waals surface area (Å²) in [4.78, 5) is 32.2. The lowest BCUT2D eigenvalue weighted by molar-refractivity contribution is -0.138. The van der Waals surface area contributed by atoms with Crippen LogP contribution in [0.1, 0.15) is 57.8 Å². The fourth-order valence-corrected chi connectivity index (χ4v) is 3.67. The van der Waals surface area contributed by atoms with Gasteiger partial charge in [0, 0.05) is 19.3 Å². The van der Waals surface area contributed by atoms with E-state index in [1.54, 1.807) is 0 Å². The molecule has 1 fully saturated rings. The molecule has 0 radical (unpaired) electrons. The van der Waals surface area contributed by atoms with Gasteiger partial charge in [-0.25, -0.2) is 0 Å². The van der Waals surface area contributed by atoms with Crippen molar-refractivity contribution in [2.24, 2.45) is 11.8 Å². The number of ether oxygens (including phenoxy) is 1. The second-order valence-electron chi connectivity index (χ2n) is 6.58. The number of aliphatic hydroxyl groups excluding tert-OH is 1. The highest BCUT2D eigenvalue weighted by atomic mass is 16.5. The van der Waals surface area contributed by atoms with E-state index >= 15 is 0 Å². The van der Waals surface area contributed by atoms with Gasteiger partial charge in [-0.15, -0.1) is 0 Å². The van der Waals surface area contributed by atoms with E-state index in [9.17, 15) is 19.5 Å². The summed E-state index contributed by atoms with van der Waals surface area (Å²) in [6.45, 7) is -0.178. The minimum atomic E-state index is -0.878. The fourth-order valence-electron chi connectivity index (χ4n) is 3.67. The fraction of sp³-hybridized carbons (Fsp3) is 0.824. The molecule has 0 bridgehead atoms. The zero-order valence-corrected chi connectivity index (χ0v) is 14.3. The lowest BCUT2D eigenvalue weighted by atomic mass is 9.79. The number of hydrogen-bond acceptors (Lipinski definition) is 5. The van der Waals surface area contributed by atoms with Crippen molar-refractivity contribution >= 4 is 17.9 Å². The predicted octanol–water partition coefficient (Wildman–Crippen LogP) is 1.74. The molecule has 1 aliphatic rings. The summed E-state index contributed by atoms with van der Waals surface area (Å²) in [7, 11) is 0. The monoisotopic (exact) mass is 360 g/mol. The minimum Gasteiger partial charge on any atom is -0.481 e. The maximum atomic E-state index is 10.7. The molecule has 0 aromatic carbocycles. The second-order valence-corrected chi connectivity index (χ2v) is 6.58. The summed E-state index contributed by atoms with van der Waals surface area (Å²) in [5, 5.41) is 36.0. The number of carbonyl (C=O) groups is 3. The first-order valence-electron chi connectivity index (χ1n) is 8.76. The quantitative estimate of drug-likeness (QED) is 0.389. The van der Waals surface area contributed by atoms with Gasteiger partial charge in [0.2, 0.25) is 0 Å². The summed E-state index contributed by atoms with van der Waals surface area (Å²) in [6, 6.07) is 0. The van der Waals surface area contributed by atoms with E-state index in [0.717, 1.165) is 0 Å². The van der Waals surface area contributed by atoms with Gasteiger partial charge in [-0.3, -0.25) is 14.4 Å². The first-order valence-corrected chi connectivity index (χ1v) is 8.76. The van der Waals surface area contributed by atoms with Crippen LogP contribution in [0, 0.1) is 11.8 Å². The minimum absolute atomic E-state index is 0.0130. The Morgan fingerprint density at radius 2 is 1.08 bits per heavy atom. The van der Waals surface area contributed by atoms with Crippen LogP contribution in [-0.4, -0.2) is 57.1 Å². The van der Waals surface area contributed by atoms with Gasteiger partial charge >= 0.3 is 17.9 Å². The molecule has 1 unspecified atom stereocenters. The number of carboxylic acid groups (broad SMARTS) is 3. The molecule has 1 saturated heterocycles. The first kappa shape index (κ1) is 21.4. The van der Waals surface area contributed by atoms with Crippen LogP contribution in [0.15, 0.2) is 0 Å². The number of hydrogen-bond donors (Lipinski definition) is 4. The van der Waals surface area contributed by atoms with Gasteiger partial charge < -0.3 is 25.2 Å². The van der Waals surface area contributed by atoms with Gasteiger partial charge in [-0.2, -0.15) is 0 Å². The number of rotatable bonds is 13. The molecule has 0 saturated carbocycles. The van der Waals surface area contributed by atoms with E-state index < -0.39 is 24.0 Å². The first-order chi connectivity index (χ1) is 11.8. The molecule has 8 heteroatoms. The van der Waals surface area contributed by atoms with Crippen LogP contribution in [0.5, 0.6) is 0 Å². The molecule has 1 heterocycles. The Morgan fingerprint density at radius 1 is 0.680 bits per heavy atom. The van der Waals surface area contributed by atoms with Crippen molar-refractivity contribution in [2.75, 3.05) is 6.61 Å². The topological polar surface area (TPSA) is 141 Å². The molecule has 0 amide bonds. The summed E-state index contributed by atoms with van der Waals surface area (Å²) in [6.07, 6.45) is 2.63. The summed E-state index contributed by atoms with van der Waals surface area (Å²) in [5.41, 5.74) is 0. The molecule has 1 rings (SSSR count). The number of carboxylic acids is 3. The van der Waals surface area contributed by atoms with E-state index in [-0.39, 0.29) is 43.8 Å². The van der Waals surface area contributed by atoms with Crippen molar-refractivity contribution in [3.05, 3.63) is 0 Å². The van der Waals surface area contributed by atoms with E-state index in [2.05, 4.69) is 0 Å². The molecular formula is C17H28O8. The van der Waals surface area contributed by atoms with Crippen LogP contribution in [-0.2, 0) is 19.1 Å². The Hall–Kier alpha value is -1.67. The molecule has 4 atom stereocenters. The highest BCUT2D eigenvalue weighted by molar-refractivity contribution is 5.67. The average molecular weight is 360 g/mol. The van der Waals surface area contributed by atoms with Gasteiger partial charge in [-0.1, -0.05) is 0 Å². The maximum Gasteiger partial charge on any atom is 0.303 e. The van der Waals surface area contributed by atoms with Crippen LogP contribution in [0.4, 0.5) is 0 Å². The normalized spacial score (nSPS) is 25.8. The number of aliphatic hydroxyl groups is 1. The Labute approximate surface area is 146 Å². The molecule has 4 N–H and O–H groups in total. The van der Waals surface area contributed by atoms with Crippen molar-refractivity contribution < 1.29 is 39.5 Å². The average Bonchev–Trinajstić information content (AvgIpc) is 2.84. The smallest absolute Gasteiger partial charge is 0.303 e. The van der Waals surface area contributed by atoms with E-state index in [1.165, 1.54) is 0 Å². The summed E-state index contributed by atoms with van der Waals surface area (Å²) in [5.74, 6) is -2.65. The molecule has 0 aromatic heterocycles. The molecule has 0 aromatic rings. The van der Waals surface area contributed by atoms with Gasteiger partial charge in [0.05, 0.1) is 18.8 Å². The lowest BCUT2D eigenvalue weighted by Gasteiger charge is -2.23. The maximum absolute atomic E-state index is 10.7. The van der Waals surface area contributed by atoms with Crippen LogP contribution >= 0.6 is 0 Å². The van der Waals surface area contributed by atoms with E-state index in [1.807, 2.05) is 0 Å². The van der Waals surface area contributed by atoms with Crippen molar-refractivity contribution in [1.82, 2.24) is 0 Å². The van der Waals surface area contributed by atoms with Crippen LogP contribution in [0.2, 0.25) is 0 Å². The van der Waals surface area contributed by atoms with E-state index in [0.29, 0.717) is 38.5 Å². The SMILES string of the molecule is O=C(O)CCCC1O[C@@H](CO)[C@H](CCCC(=O)O)[C@H]1CCCC(=O)O. The Kier molecular flexibility index (Phi) is 9.44. The van der Waals surface area contributed by atoms with Crippen molar-refractivity contribution in [2.45, 2.75) is 70.0 Å². The molecule has 1 aliphatic heterocycles. The highest BCUT2D eigenvalue weighted by Gasteiger charge is 2.42. The van der Waals surface area contributed by atoms with Gasteiger partial charge in [0.1, 0.15) is 0 Å². The zero-order valence-electron chi connectivity index (χ0n) is 14.3. The Morgan fingerprint density at radius 3 is 1.48 bits per heavy atom. The molecule has 0 spiro atoms. The third-order valence-electron chi connectivity index (χ3n) is 4.77. The molecular weight excluding hydrogens is 332 g/mol. The molecule has 8 nitrogen and oxygen atoms in total. The van der Waals surface area contributed by atoms with Crippen molar-refractivity contribution in [1.29, 1.82) is 0 Å².